The van der Waals surface area contributed by atoms with Crippen molar-refractivity contribution < 1.29 is 9.53 Å². The molecule has 0 fully saturated rings. The third-order valence-electron chi connectivity index (χ3n) is 2.93. The van der Waals surface area contributed by atoms with Crippen molar-refractivity contribution in [2.24, 2.45) is 0 Å². The van der Waals surface area contributed by atoms with Crippen LogP contribution >= 0.6 is 11.3 Å². The third kappa shape index (κ3) is 5.08. The number of aryl methyl sites for hydroxylation is 2. The molecule has 1 aromatic heterocycles. The number of ether oxygens (including phenoxy) is 1. The Morgan fingerprint density at radius 3 is 2.90 bits per heavy atom. The van der Waals surface area contributed by atoms with E-state index in [4.69, 9.17) is 4.74 Å². The highest BCUT2D eigenvalue weighted by atomic mass is 32.1. The van der Waals surface area contributed by atoms with Crippen LogP contribution in [0.25, 0.3) is 6.08 Å². The van der Waals surface area contributed by atoms with Gasteiger partial charge in [-0.1, -0.05) is 23.8 Å². The normalized spacial score (nSPS) is 10.8. The number of rotatable bonds is 6. The zero-order valence-corrected chi connectivity index (χ0v) is 13.1. The van der Waals surface area contributed by atoms with Gasteiger partial charge in [0, 0.05) is 11.0 Å². The molecule has 110 valence electrons. The minimum absolute atomic E-state index is 0.104. The molecule has 2 aromatic rings. The molecular weight excluding hydrogens is 282 g/mol. The van der Waals surface area contributed by atoms with Crippen molar-refractivity contribution in [3.8, 4) is 5.75 Å². The fourth-order valence-electron chi connectivity index (χ4n) is 1.90. The number of amides is 1. The monoisotopic (exact) mass is 301 g/mol. The second-order valence-electron chi connectivity index (χ2n) is 4.76. The number of thiophene rings is 1. The SMILES string of the molecule is Cc1ccc(OCCNC(=O)/C=C/c2cccs2)c(C)c1. The Morgan fingerprint density at radius 1 is 1.33 bits per heavy atom. The molecule has 0 bridgehead atoms. The van der Waals surface area contributed by atoms with Crippen molar-refractivity contribution >= 4 is 23.3 Å². The minimum atomic E-state index is -0.104. The first kappa shape index (κ1) is 15.3. The molecule has 3 nitrogen and oxygen atoms in total. The molecule has 1 aromatic carbocycles. The van der Waals surface area contributed by atoms with Gasteiger partial charge in [-0.2, -0.15) is 0 Å². The lowest BCUT2D eigenvalue weighted by atomic mass is 10.1. The van der Waals surface area contributed by atoms with Crippen molar-refractivity contribution in [3.05, 3.63) is 57.8 Å². The van der Waals surface area contributed by atoms with Gasteiger partial charge < -0.3 is 10.1 Å². The Labute approximate surface area is 129 Å². The summed E-state index contributed by atoms with van der Waals surface area (Å²) < 4.78 is 5.66. The fourth-order valence-corrected chi connectivity index (χ4v) is 2.52. The molecule has 0 radical (unpaired) electrons. The lowest BCUT2D eigenvalue weighted by Crippen LogP contribution is -2.26. The minimum Gasteiger partial charge on any atom is -0.491 e. The van der Waals surface area contributed by atoms with E-state index in [0.717, 1.165) is 16.2 Å². The molecule has 0 aliphatic carbocycles. The molecule has 0 spiro atoms. The van der Waals surface area contributed by atoms with E-state index in [1.165, 1.54) is 5.56 Å². The largest absolute Gasteiger partial charge is 0.491 e. The average molecular weight is 301 g/mol. The van der Waals surface area contributed by atoms with Gasteiger partial charge in [-0.05, 0) is 43.0 Å². The second-order valence-corrected chi connectivity index (χ2v) is 5.74. The second kappa shape index (κ2) is 7.64. The van der Waals surface area contributed by atoms with Gasteiger partial charge in [-0.25, -0.2) is 0 Å². The number of hydrogen-bond acceptors (Lipinski definition) is 3. The summed E-state index contributed by atoms with van der Waals surface area (Å²) in [5.41, 5.74) is 2.32. The molecule has 0 aliphatic rings. The van der Waals surface area contributed by atoms with E-state index in [2.05, 4.69) is 18.3 Å². The first-order chi connectivity index (χ1) is 10.1. The van der Waals surface area contributed by atoms with Crippen LogP contribution < -0.4 is 10.1 Å². The van der Waals surface area contributed by atoms with E-state index < -0.39 is 0 Å². The van der Waals surface area contributed by atoms with E-state index in [9.17, 15) is 4.79 Å². The molecule has 0 unspecified atom stereocenters. The summed E-state index contributed by atoms with van der Waals surface area (Å²) in [5, 5.41) is 4.78. The maximum Gasteiger partial charge on any atom is 0.244 e. The number of hydrogen-bond donors (Lipinski definition) is 1. The summed E-state index contributed by atoms with van der Waals surface area (Å²) in [6, 6.07) is 9.99. The van der Waals surface area contributed by atoms with Crippen molar-refractivity contribution in [2.45, 2.75) is 13.8 Å². The first-order valence-corrected chi connectivity index (χ1v) is 7.72. The Kier molecular flexibility index (Phi) is 5.58. The van der Waals surface area contributed by atoms with Gasteiger partial charge in [0.05, 0.1) is 6.54 Å². The molecular formula is C17H19NO2S. The number of carbonyl (C=O) groups excluding carboxylic acids is 1. The smallest absolute Gasteiger partial charge is 0.244 e. The van der Waals surface area contributed by atoms with Crippen molar-refractivity contribution in [3.63, 3.8) is 0 Å². The summed E-state index contributed by atoms with van der Waals surface area (Å²) in [6.45, 7) is 5.02. The zero-order chi connectivity index (χ0) is 15.1. The third-order valence-corrected chi connectivity index (χ3v) is 3.77. The van der Waals surface area contributed by atoms with Gasteiger partial charge in [-0.15, -0.1) is 11.3 Å². The predicted molar refractivity (Wildman–Crippen MR) is 87.8 cm³/mol. The Balaban J connectivity index is 1.70. The quantitative estimate of drug-likeness (QED) is 0.654. The summed E-state index contributed by atoms with van der Waals surface area (Å²) in [7, 11) is 0. The zero-order valence-electron chi connectivity index (χ0n) is 12.3. The van der Waals surface area contributed by atoms with Gasteiger partial charge in [0.15, 0.2) is 0 Å². The Hall–Kier alpha value is -2.07. The maximum absolute atomic E-state index is 11.6. The standard InChI is InChI=1S/C17H19NO2S/c1-13-5-7-16(14(2)12-13)20-10-9-18-17(19)8-6-15-4-3-11-21-15/h3-8,11-12H,9-10H2,1-2H3,(H,18,19)/b8-6+. The van der Waals surface area contributed by atoms with Gasteiger partial charge in [0.1, 0.15) is 12.4 Å². The van der Waals surface area contributed by atoms with Crippen LogP contribution in [0.3, 0.4) is 0 Å². The van der Waals surface area contributed by atoms with E-state index in [1.54, 1.807) is 17.4 Å². The summed E-state index contributed by atoms with van der Waals surface area (Å²) in [4.78, 5) is 12.7. The molecule has 0 saturated heterocycles. The maximum atomic E-state index is 11.6. The van der Waals surface area contributed by atoms with E-state index in [0.29, 0.717) is 13.2 Å². The van der Waals surface area contributed by atoms with Crippen LogP contribution in [0.2, 0.25) is 0 Å². The van der Waals surface area contributed by atoms with Crippen LogP contribution in [0.15, 0.2) is 41.8 Å². The fraction of sp³-hybridized carbons (Fsp3) is 0.235. The first-order valence-electron chi connectivity index (χ1n) is 6.84. The van der Waals surface area contributed by atoms with E-state index >= 15 is 0 Å². The average Bonchev–Trinajstić information content (AvgIpc) is 2.96. The number of carbonyl (C=O) groups is 1. The molecule has 1 amide bonds. The molecule has 2 rings (SSSR count). The predicted octanol–water partition coefficient (Wildman–Crippen LogP) is 3.57. The number of nitrogens with one attached hydrogen (secondary N) is 1. The molecule has 21 heavy (non-hydrogen) atoms. The summed E-state index contributed by atoms with van der Waals surface area (Å²) in [5.74, 6) is 0.761. The molecule has 0 atom stereocenters. The van der Waals surface area contributed by atoms with Gasteiger partial charge in [0.25, 0.3) is 0 Å². The lowest BCUT2D eigenvalue weighted by Gasteiger charge is -2.09. The van der Waals surface area contributed by atoms with Crippen LogP contribution in [0.1, 0.15) is 16.0 Å². The molecule has 0 saturated carbocycles. The van der Waals surface area contributed by atoms with Crippen LogP contribution in [0, 0.1) is 13.8 Å². The Morgan fingerprint density at radius 2 is 2.19 bits per heavy atom. The van der Waals surface area contributed by atoms with Crippen LogP contribution in [0.5, 0.6) is 5.75 Å². The Bertz CT molecular complexity index is 618. The summed E-state index contributed by atoms with van der Waals surface area (Å²) in [6.07, 6.45) is 3.36. The van der Waals surface area contributed by atoms with Crippen LogP contribution in [0.4, 0.5) is 0 Å². The van der Waals surface area contributed by atoms with Crippen molar-refractivity contribution in [1.29, 1.82) is 0 Å². The van der Waals surface area contributed by atoms with Crippen molar-refractivity contribution in [2.75, 3.05) is 13.2 Å². The molecule has 4 heteroatoms. The van der Waals surface area contributed by atoms with Gasteiger partial charge in [-0.3, -0.25) is 4.79 Å². The highest BCUT2D eigenvalue weighted by Gasteiger charge is 2.00. The van der Waals surface area contributed by atoms with Gasteiger partial charge >= 0.3 is 0 Å². The highest BCUT2D eigenvalue weighted by Crippen LogP contribution is 2.18. The van der Waals surface area contributed by atoms with Gasteiger partial charge in [0.2, 0.25) is 5.91 Å². The van der Waals surface area contributed by atoms with E-state index in [1.807, 2.05) is 42.6 Å². The molecule has 1 heterocycles. The number of benzene rings is 1. The molecule has 0 aliphatic heterocycles. The molecule has 1 N–H and O–H groups in total. The summed E-state index contributed by atoms with van der Waals surface area (Å²) >= 11 is 1.60. The van der Waals surface area contributed by atoms with E-state index in [-0.39, 0.29) is 5.91 Å². The van der Waals surface area contributed by atoms with Crippen molar-refractivity contribution in [1.82, 2.24) is 5.32 Å². The highest BCUT2D eigenvalue weighted by molar-refractivity contribution is 7.10. The van der Waals surface area contributed by atoms with Crippen LogP contribution in [-0.2, 0) is 4.79 Å². The lowest BCUT2D eigenvalue weighted by molar-refractivity contribution is -0.116. The van der Waals surface area contributed by atoms with Crippen LogP contribution in [-0.4, -0.2) is 19.1 Å². The topological polar surface area (TPSA) is 38.3 Å².